The molecule has 0 N–H and O–H groups in total. The first-order chi connectivity index (χ1) is 6.77. The number of rotatable bonds is 0. The second kappa shape index (κ2) is 4.07. The molecule has 1 aromatic heterocycles. The number of hydrogen-bond acceptors (Lipinski definition) is 0. The smallest absolute Gasteiger partial charge is 0.239 e. The molecular weight excluding hydrogens is 343 g/mol. The molecular formula is C10H9Br2ClN2. The van der Waals surface area contributed by atoms with Crippen LogP contribution >= 0.6 is 31.9 Å². The molecule has 2 aromatic rings. The largest absolute Gasteiger partial charge is 1.00 e. The van der Waals surface area contributed by atoms with E-state index in [1.165, 1.54) is 21.9 Å². The maximum Gasteiger partial charge on any atom is 0.239 e. The van der Waals surface area contributed by atoms with Crippen LogP contribution in [0, 0.1) is 0 Å². The van der Waals surface area contributed by atoms with Crippen LogP contribution in [-0.2, 0) is 13.1 Å². The van der Waals surface area contributed by atoms with E-state index in [0.717, 1.165) is 17.6 Å². The van der Waals surface area contributed by atoms with Gasteiger partial charge < -0.3 is 12.4 Å². The second-order valence-electron chi connectivity index (χ2n) is 3.55. The number of halogens is 3. The fourth-order valence-corrected chi connectivity index (χ4v) is 3.15. The van der Waals surface area contributed by atoms with E-state index in [1.54, 1.807) is 0 Å². The van der Waals surface area contributed by atoms with Crippen LogP contribution in [0.15, 0.2) is 27.3 Å². The predicted octanol–water partition coefficient (Wildman–Crippen LogP) is -0.138. The van der Waals surface area contributed by atoms with Crippen molar-refractivity contribution in [1.29, 1.82) is 0 Å². The Morgan fingerprint density at radius 2 is 2.07 bits per heavy atom. The standard InChI is InChI=1S/C10H9Br2N2.ClH/c11-7-2-3-9-8(6-7)10(12)14-5-1-4-13(9)14;/h2-3,6H,1,4-5H2;1H/q+1;/p-1. The maximum absolute atomic E-state index is 3.66. The Balaban J connectivity index is 0.000000853. The molecule has 80 valence electrons. The summed E-state index contributed by atoms with van der Waals surface area (Å²) in [6.45, 7) is 2.25. The van der Waals surface area contributed by atoms with Crippen LogP contribution in [-0.4, -0.2) is 4.68 Å². The van der Waals surface area contributed by atoms with Gasteiger partial charge in [0.25, 0.3) is 0 Å². The molecule has 0 unspecified atom stereocenters. The summed E-state index contributed by atoms with van der Waals surface area (Å²) in [4.78, 5) is 0. The maximum atomic E-state index is 3.66. The molecule has 0 spiro atoms. The Hall–Kier alpha value is -0.0600. The normalized spacial score (nSPS) is 14.0. The van der Waals surface area contributed by atoms with Crippen molar-refractivity contribution in [1.82, 2.24) is 4.68 Å². The Kier molecular flexibility index (Phi) is 3.10. The number of aromatic nitrogens is 2. The topological polar surface area (TPSA) is 8.81 Å². The summed E-state index contributed by atoms with van der Waals surface area (Å²) in [5.41, 5.74) is 1.32. The third-order valence-corrected chi connectivity index (χ3v) is 4.05. The third kappa shape index (κ3) is 1.63. The second-order valence-corrected chi connectivity index (χ2v) is 5.22. The molecule has 1 aliphatic rings. The van der Waals surface area contributed by atoms with Crippen molar-refractivity contribution in [2.45, 2.75) is 19.5 Å². The van der Waals surface area contributed by atoms with Gasteiger partial charge in [-0.3, -0.25) is 0 Å². The van der Waals surface area contributed by atoms with E-state index in [-0.39, 0.29) is 12.4 Å². The van der Waals surface area contributed by atoms with E-state index >= 15 is 0 Å². The number of hydrogen-bond donors (Lipinski definition) is 0. The molecule has 15 heavy (non-hydrogen) atoms. The molecule has 5 heteroatoms. The average Bonchev–Trinajstić information content (AvgIpc) is 2.72. The van der Waals surface area contributed by atoms with Gasteiger partial charge >= 0.3 is 0 Å². The quantitative estimate of drug-likeness (QED) is 0.584. The highest BCUT2D eigenvalue weighted by molar-refractivity contribution is 9.11. The van der Waals surface area contributed by atoms with Crippen LogP contribution in [0.4, 0.5) is 0 Å². The molecule has 0 bridgehead atoms. The summed E-state index contributed by atoms with van der Waals surface area (Å²) in [7, 11) is 0. The van der Waals surface area contributed by atoms with Gasteiger partial charge in [-0.05, 0) is 28.1 Å². The van der Waals surface area contributed by atoms with Gasteiger partial charge in [-0.25, -0.2) is 0 Å². The van der Waals surface area contributed by atoms with Gasteiger partial charge in [-0.2, -0.15) is 0 Å². The summed E-state index contributed by atoms with van der Waals surface area (Å²) in [6.07, 6.45) is 1.24. The van der Waals surface area contributed by atoms with Crippen molar-refractivity contribution < 1.29 is 17.1 Å². The number of benzene rings is 1. The fraction of sp³-hybridized carbons (Fsp3) is 0.300. The zero-order valence-corrected chi connectivity index (χ0v) is 11.8. The minimum Gasteiger partial charge on any atom is -1.00 e. The molecule has 1 aromatic carbocycles. The number of nitrogens with zero attached hydrogens (tertiary/aromatic N) is 2. The van der Waals surface area contributed by atoms with E-state index in [1.807, 2.05) is 0 Å². The molecule has 0 radical (unpaired) electrons. The summed E-state index contributed by atoms with van der Waals surface area (Å²) in [5, 5.41) is 1.29. The van der Waals surface area contributed by atoms with Crippen LogP contribution in [0.1, 0.15) is 6.42 Å². The van der Waals surface area contributed by atoms with Crippen molar-refractivity contribution in [2.75, 3.05) is 0 Å². The first-order valence-electron chi connectivity index (χ1n) is 4.65. The van der Waals surface area contributed by atoms with Gasteiger partial charge in [0, 0.05) is 17.0 Å². The lowest BCUT2D eigenvalue weighted by molar-refractivity contribution is -0.735. The first-order valence-corrected chi connectivity index (χ1v) is 6.23. The van der Waals surface area contributed by atoms with Crippen molar-refractivity contribution >= 4 is 42.8 Å². The van der Waals surface area contributed by atoms with E-state index < -0.39 is 0 Å². The van der Waals surface area contributed by atoms with E-state index in [9.17, 15) is 0 Å². The lowest BCUT2D eigenvalue weighted by Gasteiger charge is -1.88. The van der Waals surface area contributed by atoms with Gasteiger partial charge in [0.05, 0.1) is 11.9 Å². The Morgan fingerprint density at radius 3 is 2.87 bits per heavy atom. The molecule has 2 nitrogen and oxygen atoms in total. The summed E-state index contributed by atoms with van der Waals surface area (Å²) in [5.74, 6) is 0. The molecule has 2 heterocycles. The molecule has 1 aliphatic heterocycles. The Bertz CT molecular complexity index is 522. The predicted molar refractivity (Wildman–Crippen MR) is 62.2 cm³/mol. The van der Waals surface area contributed by atoms with Gasteiger partial charge in [0.1, 0.15) is 0 Å². The van der Waals surface area contributed by atoms with Crippen molar-refractivity contribution in [2.24, 2.45) is 0 Å². The highest BCUT2D eigenvalue weighted by Crippen LogP contribution is 2.27. The van der Waals surface area contributed by atoms with Crippen LogP contribution in [0.5, 0.6) is 0 Å². The lowest BCUT2D eigenvalue weighted by Crippen LogP contribution is -3.00. The number of aryl methyl sites for hydroxylation is 1. The minimum atomic E-state index is 0. The molecule has 0 saturated heterocycles. The summed E-state index contributed by atoms with van der Waals surface area (Å²) < 4.78 is 6.98. The number of fused-ring (bicyclic) bond motifs is 3. The van der Waals surface area contributed by atoms with Gasteiger partial charge in [-0.15, -0.1) is 9.36 Å². The summed E-state index contributed by atoms with van der Waals surface area (Å²) in [6, 6.07) is 6.44. The van der Waals surface area contributed by atoms with Gasteiger partial charge in [0.15, 0.2) is 11.1 Å². The SMILES string of the molecule is Brc1ccc2c(c1)c(Br)n1[n+]2CCC1.[Cl-]. The average molecular weight is 352 g/mol. The zero-order chi connectivity index (χ0) is 9.71. The van der Waals surface area contributed by atoms with Crippen molar-refractivity contribution in [3.63, 3.8) is 0 Å². The van der Waals surface area contributed by atoms with E-state index in [4.69, 9.17) is 0 Å². The van der Waals surface area contributed by atoms with Crippen LogP contribution in [0.3, 0.4) is 0 Å². The molecule has 0 amide bonds. The van der Waals surface area contributed by atoms with Crippen LogP contribution in [0.25, 0.3) is 10.9 Å². The molecule has 3 rings (SSSR count). The van der Waals surface area contributed by atoms with Crippen molar-refractivity contribution in [3.8, 4) is 0 Å². The van der Waals surface area contributed by atoms with Crippen LogP contribution in [0.2, 0.25) is 0 Å². The highest BCUT2D eigenvalue weighted by atomic mass is 79.9. The molecule has 0 aliphatic carbocycles. The minimum absolute atomic E-state index is 0. The molecule has 0 saturated carbocycles. The van der Waals surface area contributed by atoms with Gasteiger partial charge in [-0.1, -0.05) is 15.9 Å². The Labute approximate surface area is 111 Å². The monoisotopic (exact) mass is 350 g/mol. The van der Waals surface area contributed by atoms with Crippen molar-refractivity contribution in [3.05, 3.63) is 27.3 Å². The molecule has 0 atom stereocenters. The molecule has 0 fully saturated rings. The third-order valence-electron chi connectivity index (χ3n) is 2.72. The van der Waals surface area contributed by atoms with Crippen LogP contribution < -0.4 is 17.1 Å². The summed E-state index contributed by atoms with van der Waals surface area (Å²) >= 11 is 7.16. The zero-order valence-electron chi connectivity index (χ0n) is 7.88. The first kappa shape index (κ1) is 11.4. The van der Waals surface area contributed by atoms with E-state index in [2.05, 4.69) is 59.4 Å². The lowest BCUT2D eigenvalue weighted by atomic mass is 10.2. The van der Waals surface area contributed by atoms with E-state index in [0.29, 0.717) is 0 Å². The fourth-order valence-electron chi connectivity index (χ4n) is 2.10. The van der Waals surface area contributed by atoms with Gasteiger partial charge in [0.2, 0.25) is 5.52 Å². The Morgan fingerprint density at radius 1 is 1.27 bits per heavy atom. The highest BCUT2D eigenvalue weighted by Gasteiger charge is 2.26.